The van der Waals surface area contributed by atoms with Gasteiger partial charge in [0.05, 0.1) is 27.5 Å². The number of rotatable bonds is 10. The molecule has 39 heavy (non-hydrogen) atoms. The number of benzene rings is 2. The van der Waals surface area contributed by atoms with Gasteiger partial charge in [0.15, 0.2) is 0 Å². The lowest BCUT2D eigenvalue weighted by Crippen LogP contribution is -2.29. The average molecular weight is 607 g/mol. The number of alkyl halides is 6. The molecule has 0 aromatic heterocycles. The third kappa shape index (κ3) is 7.70. The monoisotopic (exact) mass is 606 g/mol. The van der Waals surface area contributed by atoms with Gasteiger partial charge in [-0.05, 0) is 46.7 Å². The summed E-state index contributed by atoms with van der Waals surface area (Å²) in [5.74, 6) is -1.34. The van der Waals surface area contributed by atoms with Crippen LogP contribution in [-0.2, 0) is 37.2 Å². The summed E-state index contributed by atoms with van der Waals surface area (Å²) >= 11 is 0. The minimum atomic E-state index is -5.27. The molecule has 0 saturated heterocycles. The molecule has 0 radical (unpaired) electrons. The Bertz CT molecular complexity index is 1380. The molecule has 3 N–H and O–H groups in total. The van der Waals surface area contributed by atoms with Crippen LogP contribution in [0, 0.1) is 0 Å². The van der Waals surface area contributed by atoms with Crippen molar-refractivity contribution in [2.75, 3.05) is 6.61 Å². The lowest BCUT2D eigenvalue weighted by atomic mass is 9.89. The van der Waals surface area contributed by atoms with Gasteiger partial charge < -0.3 is 5.21 Å². The summed E-state index contributed by atoms with van der Waals surface area (Å²) in [4.78, 5) is 5.90. The van der Waals surface area contributed by atoms with Crippen LogP contribution in [0.3, 0.4) is 0 Å². The number of hydrogen-bond donors (Lipinski definition) is 3. The van der Waals surface area contributed by atoms with E-state index in [9.17, 15) is 48.4 Å². The molecule has 0 fully saturated rings. The SMILES string of the molecule is CC(C)c1cc(C(C)CONS(=O)(=O)c2cc(C(F)(F)F)ccc2C(F)(F)F)cc(C(C)C)c1S(=O)(=O)NO. The number of nitrogens with one attached hydrogen (secondary N) is 2. The van der Waals surface area contributed by atoms with Gasteiger partial charge in [-0.2, -0.15) is 26.3 Å². The molecular formula is C23H28F6N2O6S2. The summed E-state index contributed by atoms with van der Waals surface area (Å²) in [7, 11) is -9.49. The topological polar surface area (TPSA) is 122 Å². The fraction of sp³-hybridized carbons (Fsp3) is 0.478. The molecule has 2 aromatic rings. The van der Waals surface area contributed by atoms with Gasteiger partial charge in [-0.3, -0.25) is 4.84 Å². The molecule has 1 unspecified atom stereocenters. The van der Waals surface area contributed by atoms with Gasteiger partial charge in [-0.1, -0.05) is 56.5 Å². The van der Waals surface area contributed by atoms with Gasteiger partial charge in [0.2, 0.25) is 0 Å². The normalized spacial score (nSPS) is 14.3. The summed E-state index contributed by atoms with van der Waals surface area (Å²) in [5.41, 5.74) is -2.25. The van der Waals surface area contributed by atoms with E-state index < -0.39 is 60.9 Å². The summed E-state index contributed by atoms with van der Waals surface area (Å²) < 4.78 is 129. The first kappa shape index (κ1) is 33.0. The van der Waals surface area contributed by atoms with Crippen molar-refractivity contribution in [3.63, 3.8) is 0 Å². The van der Waals surface area contributed by atoms with Crippen molar-refractivity contribution in [3.8, 4) is 0 Å². The van der Waals surface area contributed by atoms with E-state index in [4.69, 9.17) is 4.84 Å². The number of hydrogen-bond acceptors (Lipinski definition) is 6. The molecule has 0 bridgehead atoms. The molecule has 16 heteroatoms. The van der Waals surface area contributed by atoms with Crippen molar-refractivity contribution in [1.29, 1.82) is 0 Å². The molecule has 2 rings (SSSR count). The van der Waals surface area contributed by atoms with Crippen LogP contribution < -0.4 is 9.77 Å². The first-order chi connectivity index (χ1) is 17.6. The zero-order valence-electron chi connectivity index (χ0n) is 21.4. The smallest absolute Gasteiger partial charge is 0.302 e. The minimum Gasteiger partial charge on any atom is -0.302 e. The quantitative estimate of drug-likeness (QED) is 0.237. The van der Waals surface area contributed by atoms with Gasteiger partial charge >= 0.3 is 12.4 Å². The van der Waals surface area contributed by atoms with Crippen LogP contribution in [0.1, 0.15) is 80.2 Å². The molecule has 0 aliphatic carbocycles. The third-order valence-corrected chi connectivity index (χ3v) is 8.28. The van der Waals surface area contributed by atoms with Crippen LogP contribution >= 0.6 is 0 Å². The number of sulfonamides is 2. The van der Waals surface area contributed by atoms with E-state index in [1.54, 1.807) is 34.6 Å². The van der Waals surface area contributed by atoms with Gasteiger partial charge in [0.25, 0.3) is 20.0 Å². The van der Waals surface area contributed by atoms with E-state index in [0.29, 0.717) is 16.7 Å². The van der Waals surface area contributed by atoms with Crippen LogP contribution in [-0.4, -0.2) is 28.6 Å². The molecule has 0 spiro atoms. The van der Waals surface area contributed by atoms with Crippen LogP contribution in [0.25, 0.3) is 0 Å². The van der Waals surface area contributed by atoms with E-state index in [1.807, 2.05) is 0 Å². The number of halogens is 6. The molecule has 0 heterocycles. The van der Waals surface area contributed by atoms with E-state index in [-0.39, 0.29) is 34.9 Å². The van der Waals surface area contributed by atoms with E-state index in [1.165, 1.54) is 21.9 Å². The Morgan fingerprint density at radius 2 is 1.33 bits per heavy atom. The van der Waals surface area contributed by atoms with Gasteiger partial charge in [-0.25, -0.2) is 16.8 Å². The highest BCUT2D eigenvalue weighted by Gasteiger charge is 2.40. The Morgan fingerprint density at radius 1 is 0.821 bits per heavy atom. The second kappa shape index (κ2) is 11.7. The highest BCUT2D eigenvalue weighted by molar-refractivity contribution is 7.89. The standard InChI is InChI=1S/C23H28F6N2O6S2/c1-12(2)17-8-15(9-18(13(3)4)21(17)39(35,36)30-32)14(5)11-37-31-38(33,34)20-10-16(22(24,25)26)6-7-19(20)23(27,28)29/h6-10,12-14,30-32H,11H2,1-5H3. The average Bonchev–Trinajstić information content (AvgIpc) is 2.81. The summed E-state index contributed by atoms with van der Waals surface area (Å²) in [6.07, 6.45) is -10.4. The van der Waals surface area contributed by atoms with Crippen molar-refractivity contribution < 1.29 is 53.2 Å². The third-order valence-electron chi connectivity index (χ3n) is 5.78. The summed E-state index contributed by atoms with van der Waals surface area (Å²) in [6.45, 7) is 7.93. The maximum atomic E-state index is 13.3. The van der Waals surface area contributed by atoms with Crippen molar-refractivity contribution in [1.82, 2.24) is 9.77 Å². The maximum absolute atomic E-state index is 13.3. The van der Waals surface area contributed by atoms with Gasteiger partial charge in [0, 0.05) is 5.92 Å². The molecule has 1 atom stereocenters. The predicted molar refractivity (Wildman–Crippen MR) is 128 cm³/mol. The van der Waals surface area contributed by atoms with Gasteiger partial charge in [0.1, 0.15) is 0 Å². The Balaban J connectivity index is 2.42. The Hall–Kier alpha value is -2.24. The van der Waals surface area contributed by atoms with Crippen molar-refractivity contribution >= 4 is 20.0 Å². The van der Waals surface area contributed by atoms with Crippen molar-refractivity contribution in [3.05, 3.63) is 58.1 Å². The Labute approximate surface area is 222 Å². The molecular weight excluding hydrogens is 578 g/mol. The largest absolute Gasteiger partial charge is 0.417 e. The fourth-order valence-electron chi connectivity index (χ4n) is 3.73. The molecule has 0 saturated carbocycles. The predicted octanol–water partition coefficient (Wildman–Crippen LogP) is 5.65. The summed E-state index contributed by atoms with van der Waals surface area (Å²) in [5, 5.41) is 9.20. The van der Waals surface area contributed by atoms with Crippen molar-refractivity contribution in [2.45, 2.75) is 74.5 Å². The minimum absolute atomic E-state index is 0.0255. The maximum Gasteiger partial charge on any atom is 0.417 e. The molecule has 0 amide bonds. The highest BCUT2D eigenvalue weighted by Crippen LogP contribution is 2.39. The first-order valence-corrected chi connectivity index (χ1v) is 14.4. The van der Waals surface area contributed by atoms with E-state index >= 15 is 0 Å². The molecule has 220 valence electrons. The van der Waals surface area contributed by atoms with Crippen LogP contribution in [0.4, 0.5) is 26.3 Å². The zero-order valence-corrected chi connectivity index (χ0v) is 23.0. The molecule has 0 aliphatic rings. The highest BCUT2D eigenvalue weighted by atomic mass is 32.2. The zero-order chi connectivity index (χ0) is 30.1. The van der Waals surface area contributed by atoms with Crippen molar-refractivity contribution in [2.24, 2.45) is 0 Å². The van der Waals surface area contributed by atoms with E-state index in [0.717, 1.165) is 0 Å². The van der Waals surface area contributed by atoms with Crippen LogP contribution in [0.5, 0.6) is 0 Å². The second-order valence-electron chi connectivity index (χ2n) is 9.44. The lowest BCUT2D eigenvalue weighted by Gasteiger charge is -2.23. The van der Waals surface area contributed by atoms with Gasteiger partial charge in [-0.15, -0.1) is 0 Å². The fourth-order valence-corrected chi connectivity index (χ4v) is 6.10. The lowest BCUT2D eigenvalue weighted by molar-refractivity contribution is -0.143. The van der Waals surface area contributed by atoms with Crippen LogP contribution in [0.15, 0.2) is 40.1 Å². The summed E-state index contributed by atoms with van der Waals surface area (Å²) in [6, 6.07) is 3.04. The molecule has 2 aromatic carbocycles. The Morgan fingerprint density at radius 3 is 1.74 bits per heavy atom. The van der Waals surface area contributed by atoms with Crippen LogP contribution in [0.2, 0.25) is 0 Å². The second-order valence-corrected chi connectivity index (χ2v) is 12.6. The Kier molecular flexibility index (Phi) is 9.89. The molecule has 8 nitrogen and oxygen atoms in total. The van der Waals surface area contributed by atoms with E-state index in [2.05, 4.69) is 0 Å². The molecule has 0 aliphatic heterocycles. The first-order valence-electron chi connectivity index (χ1n) is 11.4.